The zero-order valence-corrected chi connectivity index (χ0v) is 13.3. The van der Waals surface area contributed by atoms with Crippen LogP contribution >= 0.6 is 0 Å². The van der Waals surface area contributed by atoms with E-state index in [0.717, 1.165) is 68.6 Å². The van der Waals surface area contributed by atoms with Crippen LogP contribution in [-0.2, 0) is 10.3 Å². The van der Waals surface area contributed by atoms with Crippen LogP contribution in [0.4, 0.5) is 10.5 Å². The summed E-state index contributed by atoms with van der Waals surface area (Å²) in [7, 11) is 0. The van der Waals surface area contributed by atoms with Crippen LogP contribution in [0.15, 0.2) is 24.3 Å². The van der Waals surface area contributed by atoms with E-state index in [4.69, 9.17) is 10.1 Å². The highest BCUT2D eigenvalue weighted by Gasteiger charge is 2.45. The van der Waals surface area contributed by atoms with E-state index in [2.05, 4.69) is 16.3 Å². The van der Waals surface area contributed by atoms with Gasteiger partial charge in [0.1, 0.15) is 5.60 Å². The molecule has 1 aromatic rings. The van der Waals surface area contributed by atoms with Crippen LogP contribution < -0.4 is 5.32 Å². The molecule has 0 aromatic heterocycles. The Hall–Kier alpha value is -1.88. The minimum atomic E-state index is -0.462. The van der Waals surface area contributed by atoms with Crippen LogP contribution in [0.3, 0.4) is 0 Å². The Morgan fingerprint density at radius 3 is 2.61 bits per heavy atom. The highest BCUT2D eigenvalue weighted by Crippen LogP contribution is 2.44. The van der Waals surface area contributed by atoms with Gasteiger partial charge in [0.2, 0.25) is 0 Å². The SMILES string of the molecule is N=C1CCC(N2CCC3(CC2)OC(=O)Nc2ccccc23)CC1. The van der Waals surface area contributed by atoms with E-state index < -0.39 is 5.60 Å². The second-order valence-corrected chi connectivity index (χ2v) is 6.93. The van der Waals surface area contributed by atoms with Crippen molar-refractivity contribution >= 4 is 17.5 Å². The molecule has 1 amide bonds. The number of ether oxygens (including phenoxy) is 1. The molecule has 4 rings (SSSR count). The van der Waals surface area contributed by atoms with Crippen LogP contribution in [0.25, 0.3) is 0 Å². The Morgan fingerprint density at radius 1 is 1.17 bits per heavy atom. The molecule has 1 saturated heterocycles. The molecule has 0 unspecified atom stereocenters. The van der Waals surface area contributed by atoms with Crippen molar-refractivity contribution in [1.82, 2.24) is 4.90 Å². The van der Waals surface area contributed by atoms with Crippen molar-refractivity contribution in [2.75, 3.05) is 18.4 Å². The Balaban J connectivity index is 1.50. The number of amides is 1. The third-order valence-electron chi connectivity index (χ3n) is 5.62. The van der Waals surface area contributed by atoms with E-state index in [1.54, 1.807) is 0 Å². The van der Waals surface area contributed by atoms with Gasteiger partial charge in [0, 0.05) is 43.2 Å². The van der Waals surface area contributed by atoms with Gasteiger partial charge in [-0.2, -0.15) is 0 Å². The van der Waals surface area contributed by atoms with Gasteiger partial charge in [0.15, 0.2) is 0 Å². The van der Waals surface area contributed by atoms with Crippen molar-refractivity contribution in [2.24, 2.45) is 0 Å². The zero-order valence-electron chi connectivity index (χ0n) is 13.3. The molecule has 2 fully saturated rings. The van der Waals surface area contributed by atoms with Gasteiger partial charge in [-0.1, -0.05) is 18.2 Å². The number of nitrogens with one attached hydrogen (secondary N) is 2. The summed E-state index contributed by atoms with van der Waals surface area (Å²) >= 11 is 0. The third kappa shape index (κ3) is 2.63. The number of benzene rings is 1. The number of nitrogens with zero attached hydrogens (tertiary/aromatic N) is 1. The summed E-state index contributed by atoms with van der Waals surface area (Å²) in [6, 6.07) is 8.59. The summed E-state index contributed by atoms with van der Waals surface area (Å²) in [4.78, 5) is 14.5. The lowest BCUT2D eigenvalue weighted by molar-refractivity contribution is -0.0472. The van der Waals surface area contributed by atoms with E-state index in [1.807, 2.05) is 18.2 Å². The Morgan fingerprint density at radius 2 is 1.87 bits per heavy atom. The minimum Gasteiger partial charge on any atom is -0.438 e. The summed E-state index contributed by atoms with van der Waals surface area (Å²) in [5, 5.41) is 10.6. The predicted octanol–water partition coefficient (Wildman–Crippen LogP) is 3.50. The lowest BCUT2D eigenvalue weighted by Crippen LogP contribution is -2.51. The maximum absolute atomic E-state index is 11.9. The van der Waals surface area contributed by atoms with Crippen LogP contribution in [0.1, 0.15) is 44.1 Å². The lowest BCUT2D eigenvalue weighted by atomic mass is 9.81. The minimum absolute atomic E-state index is 0.330. The number of hydrogen-bond acceptors (Lipinski definition) is 4. The summed E-state index contributed by atoms with van der Waals surface area (Å²) in [6.45, 7) is 1.92. The zero-order chi connectivity index (χ0) is 15.9. The predicted molar refractivity (Wildman–Crippen MR) is 89.0 cm³/mol. The summed E-state index contributed by atoms with van der Waals surface area (Å²) in [5.74, 6) is 0. The maximum Gasteiger partial charge on any atom is 0.412 e. The number of carbonyl (C=O) groups is 1. The van der Waals surface area contributed by atoms with Gasteiger partial charge in [-0.25, -0.2) is 4.79 Å². The number of anilines is 1. The van der Waals surface area contributed by atoms with E-state index >= 15 is 0 Å². The third-order valence-corrected chi connectivity index (χ3v) is 5.62. The van der Waals surface area contributed by atoms with Gasteiger partial charge in [-0.05, 0) is 31.7 Å². The fraction of sp³-hybridized carbons (Fsp3) is 0.556. The van der Waals surface area contributed by atoms with Crippen molar-refractivity contribution in [3.05, 3.63) is 29.8 Å². The van der Waals surface area contributed by atoms with Crippen molar-refractivity contribution in [3.8, 4) is 0 Å². The van der Waals surface area contributed by atoms with Crippen molar-refractivity contribution in [3.63, 3.8) is 0 Å². The normalized spacial score (nSPS) is 27.2. The van der Waals surface area contributed by atoms with Crippen LogP contribution in [0, 0.1) is 5.41 Å². The topological polar surface area (TPSA) is 65.4 Å². The van der Waals surface area contributed by atoms with E-state index in [9.17, 15) is 4.79 Å². The molecule has 0 atom stereocenters. The fourth-order valence-electron chi connectivity index (χ4n) is 4.30. The number of fused-ring (bicyclic) bond motifs is 2. The van der Waals surface area contributed by atoms with Gasteiger partial charge in [0.25, 0.3) is 0 Å². The van der Waals surface area contributed by atoms with Crippen LogP contribution in [0.2, 0.25) is 0 Å². The summed E-state index contributed by atoms with van der Waals surface area (Å²) in [6.07, 6.45) is 5.45. The number of piperidine rings is 1. The molecule has 122 valence electrons. The Labute approximate surface area is 136 Å². The van der Waals surface area contributed by atoms with E-state index in [0.29, 0.717) is 6.04 Å². The second kappa shape index (κ2) is 5.64. The van der Waals surface area contributed by atoms with Crippen molar-refractivity contribution < 1.29 is 9.53 Å². The highest BCUT2D eigenvalue weighted by atomic mass is 16.6. The summed E-state index contributed by atoms with van der Waals surface area (Å²) in [5.41, 5.74) is 2.44. The smallest absolute Gasteiger partial charge is 0.412 e. The van der Waals surface area contributed by atoms with E-state index in [1.165, 1.54) is 0 Å². The number of likely N-dealkylation sites (tertiary alicyclic amines) is 1. The maximum atomic E-state index is 11.9. The van der Waals surface area contributed by atoms with E-state index in [-0.39, 0.29) is 6.09 Å². The molecular weight excluding hydrogens is 290 g/mol. The molecule has 2 heterocycles. The molecular formula is C18H23N3O2. The average Bonchev–Trinajstić information content (AvgIpc) is 2.56. The molecule has 1 spiro atoms. The van der Waals surface area contributed by atoms with Gasteiger partial charge >= 0.3 is 6.09 Å². The van der Waals surface area contributed by atoms with Gasteiger partial charge < -0.3 is 15.0 Å². The molecule has 2 aliphatic heterocycles. The molecule has 1 aromatic carbocycles. The lowest BCUT2D eigenvalue weighted by Gasteiger charge is -2.46. The van der Waals surface area contributed by atoms with Gasteiger partial charge in [-0.3, -0.25) is 5.32 Å². The van der Waals surface area contributed by atoms with Crippen molar-refractivity contribution in [2.45, 2.75) is 50.2 Å². The quantitative estimate of drug-likeness (QED) is 0.834. The number of rotatable bonds is 1. The van der Waals surface area contributed by atoms with Crippen LogP contribution in [0.5, 0.6) is 0 Å². The first kappa shape index (κ1) is 14.7. The molecule has 2 N–H and O–H groups in total. The molecule has 23 heavy (non-hydrogen) atoms. The van der Waals surface area contributed by atoms with Gasteiger partial charge in [0.05, 0.1) is 5.69 Å². The molecule has 3 aliphatic rings. The monoisotopic (exact) mass is 313 g/mol. The van der Waals surface area contributed by atoms with Gasteiger partial charge in [-0.15, -0.1) is 0 Å². The number of hydrogen-bond donors (Lipinski definition) is 2. The molecule has 5 heteroatoms. The second-order valence-electron chi connectivity index (χ2n) is 6.93. The van der Waals surface area contributed by atoms with Crippen molar-refractivity contribution in [1.29, 1.82) is 5.41 Å². The highest BCUT2D eigenvalue weighted by molar-refractivity contribution is 5.88. The average molecular weight is 313 g/mol. The molecule has 5 nitrogen and oxygen atoms in total. The number of para-hydroxylation sites is 1. The summed E-state index contributed by atoms with van der Waals surface area (Å²) < 4.78 is 5.78. The first-order valence-electron chi connectivity index (χ1n) is 8.56. The number of carbonyl (C=O) groups excluding carboxylic acids is 1. The molecule has 0 bridgehead atoms. The fourth-order valence-corrected chi connectivity index (χ4v) is 4.30. The molecule has 1 saturated carbocycles. The molecule has 1 aliphatic carbocycles. The largest absolute Gasteiger partial charge is 0.438 e. The Kier molecular flexibility index (Phi) is 3.60. The van der Waals surface area contributed by atoms with Crippen LogP contribution in [-0.4, -0.2) is 35.8 Å². The molecule has 0 radical (unpaired) electrons. The first-order valence-corrected chi connectivity index (χ1v) is 8.56. The first-order chi connectivity index (χ1) is 11.2. The standard InChI is InChI=1S/C18H23N3O2/c19-13-5-7-14(8-6-13)21-11-9-18(10-12-21)15-3-1-2-4-16(15)20-17(22)23-18/h1-4,14,19H,5-12H2,(H,20,22). The Bertz CT molecular complexity index is 625.